The van der Waals surface area contributed by atoms with Gasteiger partial charge in [-0.05, 0) is 43.2 Å². The highest BCUT2D eigenvalue weighted by Crippen LogP contribution is 2.38. The molecule has 0 amide bonds. The summed E-state index contributed by atoms with van der Waals surface area (Å²) in [4.78, 5) is 27.5. The van der Waals surface area contributed by atoms with E-state index in [4.69, 9.17) is 16.7 Å². The lowest BCUT2D eigenvalue weighted by molar-refractivity contribution is 0.602. The second-order valence-corrected chi connectivity index (χ2v) is 8.34. The van der Waals surface area contributed by atoms with Crippen molar-refractivity contribution in [1.82, 2.24) is 29.1 Å². The van der Waals surface area contributed by atoms with E-state index in [-0.39, 0.29) is 25.1 Å². The van der Waals surface area contributed by atoms with Gasteiger partial charge in [-0.1, -0.05) is 17.7 Å². The summed E-state index contributed by atoms with van der Waals surface area (Å²) >= 11 is 6.26. The molecule has 1 aromatic carbocycles. The molecule has 1 aliphatic rings. The van der Waals surface area contributed by atoms with E-state index in [2.05, 4.69) is 25.9 Å². The zero-order valence-corrected chi connectivity index (χ0v) is 19.6. The number of nitrogens with one attached hydrogen (secondary N) is 1. The average molecular weight is 491 g/mol. The summed E-state index contributed by atoms with van der Waals surface area (Å²) in [5, 5.41) is 15.7. The van der Waals surface area contributed by atoms with Gasteiger partial charge in [0.15, 0.2) is 5.82 Å². The number of halogens is 1. The van der Waals surface area contributed by atoms with Crippen molar-refractivity contribution < 1.29 is 0 Å². The number of benzene rings is 1. The molecule has 1 atom stereocenters. The predicted octanol–water partition coefficient (Wildman–Crippen LogP) is 3.74. The van der Waals surface area contributed by atoms with Crippen molar-refractivity contribution >= 4 is 47.5 Å². The monoisotopic (exact) mass is 490 g/mol. The number of nitrogens with zero attached hydrogens (tertiary/aromatic N) is 7. The first-order valence-corrected chi connectivity index (χ1v) is 10.9. The van der Waals surface area contributed by atoms with E-state index in [0.717, 1.165) is 12.8 Å². The van der Waals surface area contributed by atoms with E-state index < -0.39 is 0 Å². The second-order valence-electron chi connectivity index (χ2n) is 7.90. The number of nitriles is 1. The van der Waals surface area contributed by atoms with Gasteiger partial charge in [0.1, 0.15) is 29.4 Å². The number of fused-ring (bicyclic) bond motifs is 2. The van der Waals surface area contributed by atoms with Crippen molar-refractivity contribution in [3.63, 3.8) is 0 Å². The van der Waals surface area contributed by atoms with Gasteiger partial charge in [0.25, 0.3) is 5.56 Å². The van der Waals surface area contributed by atoms with Crippen LogP contribution in [0.4, 0.5) is 5.82 Å². The molecule has 9 nitrogen and oxygen atoms in total. The minimum Gasteiger partial charge on any atom is -0.346 e. The molecule has 0 aliphatic carbocycles. The van der Waals surface area contributed by atoms with Crippen molar-refractivity contribution in [2.75, 3.05) is 11.4 Å². The maximum absolute atomic E-state index is 13.6. The van der Waals surface area contributed by atoms with Crippen molar-refractivity contribution in [3.05, 3.63) is 81.9 Å². The van der Waals surface area contributed by atoms with Gasteiger partial charge < -0.3 is 9.88 Å². The molecule has 6 rings (SSSR count). The molecule has 0 bridgehead atoms. The molecular weight excluding hydrogens is 472 g/mol. The van der Waals surface area contributed by atoms with Crippen LogP contribution in [-0.4, -0.2) is 35.7 Å². The van der Waals surface area contributed by atoms with Crippen LogP contribution in [0.5, 0.6) is 0 Å². The van der Waals surface area contributed by atoms with Crippen LogP contribution in [-0.2, 0) is 0 Å². The predicted molar refractivity (Wildman–Crippen MR) is 134 cm³/mol. The van der Waals surface area contributed by atoms with Crippen LogP contribution in [0.15, 0.2) is 59.9 Å². The quantitative estimate of drug-likeness (QED) is 0.413. The van der Waals surface area contributed by atoms with E-state index in [1.54, 1.807) is 45.7 Å². The number of aromatic amines is 1. The number of anilines is 1. The highest BCUT2D eigenvalue weighted by atomic mass is 35.5. The van der Waals surface area contributed by atoms with Crippen LogP contribution in [0.3, 0.4) is 0 Å². The third-order valence-corrected chi connectivity index (χ3v) is 6.28. The van der Waals surface area contributed by atoms with Crippen LogP contribution >= 0.6 is 25.1 Å². The number of rotatable bonds is 3. The van der Waals surface area contributed by atoms with Crippen LogP contribution in [0.2, 0.25) is 5.02 Å². The summed E-state index contributed by atoms with van der Waals surface area (Å²) in [7, 11) is 0. The topological polar surface area (TPSA) is 108 Å². The van der Waals surface area contributed by atoms with Crippen molar-refractivity contribution in [1.29, 1.82) is 5.26 Å². The Morgan fingerprint density at radius 1 is 1.21 bits per heavy atom. The standard InChI is InChI=1S/C23H17ClN8O.H2S/c24-15-4-1-5-16(10-15)32-21(29-31-9-3-7-18(31)23(32)33)17-6-2-8-30(17)22-19-14(11-25)12-26-20(19)27-13-28-22;/h1,3-5,7,9-10,12-13,17H,2,6,8H2,(H,26,27,28);1H2/t17-;/m0./s1. The lowest BCUT2D eigenvalue weighted by Gasteiger charge is -2.27. The number of H-pyrrole nitrogens is 1. The fourth-order valence-electron chi connectivity index (χ4n) is 4.62. The third kappa shape index (κ3) is 3.32. The maximum atomic E-state index is 13.6. The molecule has 0 unspecified atom stereocenters. The van der Waals surface area contributed by atoms with Crippen LogP contribution in [0.1, 0.15) is 30.3 Å². The molecule has 11 heteroatoms. The Balaban J connectivity index is 0.00000241. The molecule has 34 heavy (non-hydrogen) atoms. The van der Waals surface area contributed by atoms with E-state index >= 15 is 0 Å². The molecule has 0 radical (unpaired) electrons. The lowest BCUT2D eigenvalue weighted by Crippen LogP contribution is -2.33. The first-order valence-electron chi connectivity index (χ1n) is 10.5. The minimum atomic E-state index is -0.233. The number of hydrogen-bond acceptors (Lipinski definition) is 6. The first kappa shape index (κ1) is 22.0. The Morgan fingerprint density at radius 2 is 2.09 bits per heavy atom. The highest BCUT2D eigenvalue weighted by Gasteiger charge is 2.34. The molecular formula is C23H19ClN8OS. The van der Waals surface area contributed by atoms with Crippen molar-refractivity contribution in [2.24, 2.45) is 0 Å². The number of aromatic nitrogens is 6. The molecule has 4 aromatic heterocycles. The van der Waals surface area contributed by atoms with Gasteiger partial charge in [-0.15, -0.1) is 0 Å². The summed E-state index contributed by atoms with van der Waals surface area (Å²) in [5.41, 5.74) is 2.03. The second kappa shape index (κ2) is 8.52. The summed E-state index contributed by atoms with van der Waals surface area (Å²) in [6.45, 7) is 0.710. The zero-order valence-electron chi connectivity index (χ0n) is 17.8. The van der Waals surface area contributed by atoms with Gasteiger partial charge in [0.05, 0.1) is 22.7 Å². The van der Waals surface area contributed by atoms with Crippen LogP contribution in [0.25, 0.3) is 22.2 Å². The zero-order chi connectivity index (χ0) is 22.5. The molecule has 1 fully saturated rings. The van der Waals surface area contributed by atoms with Gasteiger partial charge in [0, 0.05) is 24.0 Å². The molecule has 0 saturated carbocycles. The van der Waals surface area contributed by atoms with Crippen molar-refractivity contribution in [2.45, 2.75) is 18.9 Å². The Hall–Kier alpha value is -3.81. The van der Waals surface area contributed by atoms with Crippen LogP contribution in [0, 0.1) is 11.3 Å². The molecule has 170 valence electrons. The summed E-state index contributed by atoms with van der Waals surface area (Å²) in [6.07, 6.45) is 6.55. The van der Waals surface area contributed by atoms with Crippen LogP contribution < -0.4 is 10.5 Å². The normalized spacial score (nSPS) is 15.5. The molecule has 5 aromatic rings. The lowest BCUT2D eigenvalue weighted by atomic mass is 10.1. The van der Waals surface area contributed by atoms with E-state index in [1.165, 1.54) is 6.33 Å². The highest BCUT2D eigenvalue weighted by molar-refractivity contribution is 7.59. The summed E-state index contributed by atoms with van der Waals surface area (Å²) in [6, 6.07) is 12.7. The largest absolute Gasteiger partial charge is 0.346 e. The summed E-state index contributed by atoms with van der Waals surface area (Å²) in [5.74, 6) is 1.24. The Kier molecular flexibility index (Phi) is 5.51. The van der Waals surface area contributed by atoms with Crippen molar-refractivity contribution in [3.8, 4) is 11.8 Å². The molecule has 1 N–H and O–H groups in total. The van der Waals surface area contributed by atoms with Gasteiger partial charge in [-0.3, -0.25) is 9.36 Å². The smallest absolute Gasteiger partial charge is 0.282 e. The Morgan fingerprint density at radius 3 is 2.91 bits per heavy atom. The van der Waals surface area contributed by atoms with E-state index in [1.807, 2.05) is 12.1 Å². The molecule has 5 heterocycles. The average Bonchev–Trinajstić information content (AvgIpc) is 3.57. The van der Waals surface area contributed by atoms with Gasteiger partial charge in [-0.2, -0.15) is 23.9 Å². The van der Waals surface area contributed by atoms with E-state index in [0.29, 0.717) is 51.0 Å². The fourth-order valence-corrected chi connectivity index (χ4v) is 4.81. The first-order chi connectivity index (χ1) is 16.2. The summed E-state index contributed by atoms with van der Waals surface area (Å²) < 4.78 is 3.24. The molecule has 1 saturated heterocycles. The van der Waals surface area contributed by atoms with Gasteiger partial charge in [0.2, 0.25) is 0 Å². The van der Waals surface area contributed by atoms with Gasteiger partial charge in [-0.25, -0.2) is 14.5 Å². The molecule has 0 spiro atoms. The SMILES string of the molecule is N#Cc1c[nH]c2ncnc(N3CCC[C@H]3c3nn4cccc4c(=O)n3-c3cccc(Cl)c3)c12.S. The third-order valence-electron chi connectivity index (χ3n) is 6.05. The maximum Gasteiger partial charge on any atom is 0.282 e. The fraction of sp³-hybridized carbons (Fsp3) is 0.174. The Bertz CT molecular complexity index is 1630. The number of hydrogen-bond donors (Lipinski definition) is 1. The minimum absolute atomic E-state index is 0. The molecule has 1 aliphatic heterocycles. The Labute approximate surface area is 205 Å². The van der Waals surface area contributed by atoms with E-state index in [9.17, 15) is 10.1 Å². The van der Waals surface area contributed by atoms with Gasteiger partial charge >= 0.3 is 0 Å².